The molecule has 0 aromatic carbocycles. The lowest BCUT2D eigenvalue weighted by molar-refractivity contribution is -0.148. The minimum Gasteiger partial charge on any atom is -0.469 e. The SMILES string of the molecule is C/C=C1/C(O)C2C(CC[C@@]3(C)C2CCC3[C@H](C)CCC(=O)OC)[C@@]2(C)CC[C@@H](O)CC12. The molecule has 4 fully saturated rings. The zero-order chi connectivity index (χ0) is 22.6. The van der Waals surface area contributed by atoms with E-state index in [1.54, 1.807) is 0 Å². The molecule has 31 heavy (non-hydrogen) atoms. The van der Waals surface area contributed by atoms with Gasteiger partial charge in [0.05, 0.1) is 19.3 Å². The summed E-state index contributed by atoms with van der Waals surface area (Å²) in [5.74, 6) is 2.76. The first-order valence-electron chi connectivity index (χ1n) is 12.8. The number of esters is 1. The number of fused-ring (bicyclic) bond motifs is 5. The largest absolute Gasteiger partial charge is 0.469 e. The van der Waals surface area contributed by atoms with E-state index < -0.39 is 0 Å². The number of ether oxygens (including phenoxy) is 1. The third-order valence-electron chi connectivity index (χ3n) is 10.7. The van der Waals surface area contributed by atoms with E-state index in [2.05, 4.69) is 33.8 Å². The Morgan fingerprint density at radius 1 is 1.13 bits per heavy atom. The van der Waals surface area contributed by atoms with E-state index >= 15 is 0 Å². The number of aliphatic hydroxyl groups excluding tert-OH is 2. The highest BCUT2D eigenvalue weighted by atomic mass is 16.5. The van der Waals surface area contributed by atoms with Gasteiger partial charge in [0.1, 0.15) is 0 Å². The van der Waals surface area contributed by atoms with Crippen molar-refractivity contribution in [1.29, 1.82) is 0 Å². The Labute approximate surface area is 188 Å². The summed E-state index contributed by atoms with van der Waals surface area (Å²) >= 11 is 0. The highest BCUT2D eigenvalue weighted by molar-refractivity contribution is 5.69. The molecule has 4 rings (SSSR count). The molecule has 4 aliphatic rings. The Morgan fingerprint density at radius 2 is 1.81 bits per heavy atom. The molecule has 0 amide bonds. The fraction of sp³-hybridized carbons (Fsp3) is 0.889. The molecule has 0 heterocycles. The molecule has 10 atom stereocenters. The zero-order valence-corrected chi connectivity index (χ0v) is 20.3. The molecule has 0 aromatic rings. The normalized spacial score (nSPS) is 49.1. The number of hydrogen-bond acceptors (Lipinski definition) is 4. The van der Waals surface area contributed by atoms with Crippen molar-refractivity contribution in [3.05, 3.63) is 11.6 Å². The number of carbonyl (C=O) groups excluding carboxylic acids is 1. The first-order chi connectivity index (χ1) is 14.7. The van der Waals surface area contributed by atoms with Crippen LogP contribution in [0.3, 0.4) is 0 Å². The standard InChI is InChI=1S/C27H44O4/c1-6-18-22-15-17(28)11-13-27(22,4)21-12-14-26(3)19(16(2)7-10-23(29)31-5)8-9-20(26)24(21)25(18)30/h6,16-17,19-22,24-25,28,30H,7-15H2,1-5H3/b18-6+/t16-,17-,19?,20?,21?,22?,24?,25?,26-,27-/m1/s1. The van der Waals surface area contributed by atoms with E-state index in [-0.39, 0.29) is 29.0 Å². The van der Waals surface area contributed by atoms with Crippen LogP contribution in [0.1, 0.15) is 85.5 Å². The van der Waals surface area contributed by atoms with Crippen LogP contribution in [0.4, 0.5) is 0 Å². The average molecular weight is 433 g/mol. The van der Waals surface area contributed by atoms with E-state index in [9.17, 15) is 15.0 Å². The van der Waals surface area contributed by atoms with Crippen molar-refractivity contribution in [2.45, 2.75) is 97.7 Å². The quantitative estimate of drug-likeness (QED) is 0.478. The summed E-state index contributed by atoms with van der Waals surface area (Å²) in [7, 11) is 1.47. The number of carbonyl (C=O) groups is 1. The number of methoxy groups -OCH3 is 1. The van der Waals surface area contributed by atoms with Crippen LogP contribution in [-0.2, 0) is 9.53 Å². The molecule has 4 saturated carbocycles. The van der Waals surface area contributed by atoms with Gasteiger partial charge in [0, 0.05) is 6.42 Å². The summed E-state index contributed by atoms with van der Waals surface area (Å²) in [5.41, 5.74) is 1.64. The van der Waals surface area contributed by atoms with Crippen LogP contribution in [0, 0.1) is 46.3 Å². The molecular weight excluding hydrogens is 388 g/mol. The molecule has 0 aromatic heterocycles. The molecular formula is C27H44O4. The summed E-state index contributed by atoms with van der Waals surface area (Å²) in [6.45, 7) is 9.35. The second kappa shape index (κ2) is 8.48. The Balaban J connectivity index is 1.60. The highest BCUT2D eigenvalue weighted by Gasteiger charge is 2.63. The summed E-state index contributed by atoms with van der Waals surface area (Å²) in [4.78, 5) is 11.7. The molecule has 2 N–H and O–H groups in total. The maximum Gasteiger partial charge on any atom is 0.305 e. The maximum atomic E-state index is 11.7. The second-order valence-corrected chi connectivity index (χ2v) is 11.8. The van der Waals surface area contributed by atoms with Crippen LogP contribution < -0.4 is 0 Å². The minimum absolute atomic E-state index is 0.103. The summed E-state index contributed by atoms with van der Waals surface area (Å²) in [6.07, 6.45) is 10.6. The van der Waals surface area contributed by atoms with Crippen molar-refractivity contribution >= 4 is 5.97 Å². The molecule has 0 spiro atoms. The second-order valence-electron chi connectivity index (χ2n) is 11.8. The Morgan fingerprint density at radius 3 is 2.48 bits per heavy atom. The highest BCUT2D eigenvalue weighted by Crippen LogP contribution is 2.69. The summed E-state index contributed by atoms with van der Waals surface area (Å²) in [5, 5.41) is 22.1. The van der Waals surface area contributed by atoms with Crippen LogP contribution in [0.15, 0.2) is 11.6 Å². The lowest BCUT2D eigenvalue weighted by Gasteiger charge is -2.63. The van der Waals surface area contributed by atoms with Gasteiger partial charge in [0.25, 0.3) is 0 Å². The predicted molar refractivity (Wildman–Crippen MR) is 122 cm³/mol. The smallest absolute Gasteiger partial charge is 0.305 e. The van der Waals surface area contributed by atoms with Crippen molar-refractivity contribution in [2.75, 3.05) is 7.11 Å². The average Bonchev–Trinajstić information content (AvgIpc) is 3.10. The van der Waals surface area contributed by atoms with Crippen LogP contribution in [0.5, 0.6) is 0 Å². The van der Waals surface area contributed by atoms with Crippen molar-refractivity contribution in [1.82, 2.24) is 0 Å². The van der Waals surface area contributed by atoms with E-state index in [1.807, 2.05) is 0 Å². The van der Waals surface area contributed by atoms with E-state index in [1.165, 1.54) is 38.4 Å². The van der Waals surface area contributed by atoms with Crippen LogP contribution >= 0.6 is 0 Å². The fourth-order valence-corrected chi connectivity index (χ4v) is 9.10. The number of rotatable bonds is 4. The van der Waals surface area contributed by atoms with E-state index in [0.29, 0.717) is 41.9 Å². The van der Waals surface area contributed by atoms with Crippen molar-refractivity contribution in [2.24, 2.45) is 46.3 Å². The Hall–Kier alpha value is -0.870. The maximum absolute atomic E-state index is 11.7. The lowest BCUT2D eigenvalue weighted by atomic mass is 9.42. The van der Waals surface area contributed by atoms with Gasteiger partial charge in [0.15, 0.2) is 0 Å². The van der Waals surface area contributed by atoms with Gasteiger partial charge < -0.3 is 14.9 Å². The molecule has 4 aliphatic carbocycles. The van der Waals surface area contributed by atoms with Gasteiger partial charge in [-0.3, -0.25) is 4.79 Å². The van der Waals surface area contributed by atoms with Crippen LogP contribution in [0.2, 0.25) is 0 Å². The van der Waals surface area contributed by atoms with Gasteiger partial charge in [-0.2, -0.15) is 0 Å². The number of allylic oxidation sites excluding steroid dienone is 1. The molecule has 4 heteroatoms. The predicted octanol–water partition coefficient (Wildman–Crippen LogP) is 5.12. The third kappa shape index (κ3) is 3.60. The molecule has 0 radical (unpaired) electrons. The van der Waals surface area contributed by atoms with Gasteiger partial charge in [0.2, 0.25) is 0 Å². The van der Waals surface area contributed by atoms with Crippen molar-refractivity contribution in [3.8, 4) is 0 Å². The third-order valence-corrected chi connectivity index (χ3v) is 10.7. The topological polar surface area (TPSA) is 66.8 Å². The molecule has 0 aliphatic heterocycles. The van der Waals surface area contributed by atoms with Gasteiger partial charge in [-0.05, 0) is 110 Å². The zero-order valence-electron chi connectivity index (χ0n) is 20.3. The molecule has 0 saturated heterocycles. The van der Waals surface area contributed by atoms with E-state index in [4.69, 9.17) is 4.74 Å². The first kappa shape index (κ1) is 23.3. The lowest BCUT2D eigenvalue weighted by Crippen LogP contribution is -2.59. The van der Waals surface area contributed by atoms with E-state index in [0.717, 1.165) is 25.7 Å². The summed E-state index contributed by atoms with van der Waals surface area (Å²) in [6, 6.07) is 0. The minimum atomic E-state index is -0.368. The van der Waals surface area contributed by atoms with Crippen molar-refractivity contribution in [3.63, 3.8) is 0 Å². The first-order valence-corrected chi connectivity index (χ1v) is 12.8. The Bertz CT molecular complexity index is 716. The number of hydrogen-bond donors (Lipinski definition) is 2. The van der Waals surface area contributed by atoms with Gasteiger partial charge in [-0.15, -0.1) is 0 Å². The molecule has 6 unspecified atom stereocenters. The molecule has 176 valence electrons. The Kier molecular flexibility index (Phi) is 6.37. The monoisotopic (exact) mass is 432 g/mol. The number of aliphatic hydroxyl groups is 2. The van der Waals surface area contributed by atoms with Crippen LogP contribution in [-0.4, -0.2) is 35.5 Å². The van der Waals surface area contributed by atoms with Gasteiger partial charge in [-0.1, -0.05) is 26.8 Å². The van der Waals surface area contributed by atoms with Crippen molar-refractivity contribution < 1.29 is 19.7 Å². The molecule has 0 bridgehead atoms. The van der Waals surface area contributed by atoms with Gasteiger partial charge in [-0.25, -0.2) is 0 Å². The fourth-order valence-electron chi connectivity index (χ4n) is 9.10. The summed E-state index contributed by atoms with van der Waals surface area (Å²) < 4.78 is 4.88. The molecule has 4 nitrogen and oxygen atoms in total. The van der Waals surface area contributed by atoms with Crippen LogP contribution in [0.25, 0.3) is 0 Å². The van der Waals surface area contributed by atoms with Gasteiger partial charge >= 0.3 is 5.97 Å².